The van der Waals surface area contributed by atoms with Crippen LogP contribution in [0.15, 0.2) is 29.3 Å². The molecule has 1 aliphatic rings. The summed E-state index contributed by atoms with van der Waals surface area (Å²) in [6.07, 6.45) is 0.778. The molecule has 2 aromatic rings. The first-order valence-corrected chi connectivity index (χ1v) is 7.53. The van der Waals surface area contributed by atoms with E-state index in [0.717, 1.165) is 23.4 Å². The fourth-order valence-electron chi connectivity index (χ4n) is 2.37. The van der Waals surface area contributed by atoms with Gasteiger partial charge in [0.1, 0.15) is 18.3 Å². The lowest BCUT2D eigenvalue weighted by molar-refractivity contribution is 0.318. The van der Waals surface area contributed by atoms with E-state index in [0.29, 0.717) is 22.5 Å². The Morgan fingerprint density at radius 3 is 2.62 bits per heavy atom. The van der Waals surface area contributed by atoms with Gasteiger partial charge in [-0.2, -0.15) is 5.10 Å². The molecule has 1 aliphatic heterocycles. The van der Waals surface area contributed by atoms with Gasteiger partial charge in [-0.25, -0.2) is 4.99 Å². The van der Waals surface area contributed by atoms with Crippen molar-refractivity contribution in [3.05, 3.63) is 51.3 Å². The second-order valence-electron chi connectivity index (χ2n) is 4.90. The monoisotopic (exact) mass is 323 g/mol. The van der Waals surface area contributed by atoms with E-state index in [4.69, 9.17) is 27.9 Å². The lowest BCUT2D eigenvalue weighted by Gasteiger charge is -2.04. The Morgan fingerprint density at radius 1 is 1.29 bits per heavy atom. The third-order valence-electron chi connectivity index (χ3n) is 3.50. The molecule has 0 bridgehead atoms. The quantitative estimate of drug-likeness (QED) is 0.861. The van der Waals surface area contributed by atoms with Crippen LogP contribution >= 0.6 is 23.2 Å². The van der Waals surface area contributed by atoms with Gasteiger partial charge in [-0.15, -0.1) is 0 Å². The van der Waals surface area contributed by atoms with Crippen LogP contribution in [0.4, 0.5) is 0 Å². The number of nitrogens with zero attached hydrogens (tertiary/aromatic N) is 3. The van der Waals surface area contributed by atoms with Gasteiger partial charge >= 0.3 is 0 Å². The topological polar surface area (TPSA) is 39.4 Å². The van der Waals surface area contributed by atoms with E-state index in [-0.39, 0.29) is 6.04 Å². The summed E-state index contributed by atoms with van der Waals surface area (Å²) < 4.78 is 7.45. The maximum absolute atomic E-state index is 6.36. The molecule has 0 fully saturated rings. The fourth-order valence-corrected chi connectivity index (χ4v) is 2.87. The molecule has 6 heteroatoms. The van der Waals surface area contributed by atoms with E-state index < -0.39 is 0 Å². The number of ether oxygens (including phenoxy) is 1. The van der Waals surface area contributed by atoms with Gasteiger partial charge in [0.25, 0.3) is 0 Å². The molecule has 4 nitrogen and oxygen atoms in total. The molecule has 2 heterocycles. The number of aromatic nitrogens is 2. The lowest BCUT2D eigenvalue weighted by Crippen LogP contribution is -2.08. The molecule has 0 amide bonds. The van der Waals surface area contributed by atoms with Gasteiger partial charge in [0.05, 0.1) is 10.7 Å². The minimum atomic E-state index is -0.0340. The van der Waals surface area contributed by atoms with E-state index in [9.17, 15) is 0 Å². The molecule has 0 radical (unpaired) electrons. The van der Waals surface area contributed by atoms with Crippen molar-refractivity contribution in [3.63, 3.8) is 0 Å². The summed E-state index contributed by atoms with van der Waals surface area (Å²) in [6.45, 7) is 2.52. The molecule has 1 aromatic heterocycles. The summed E-state index contributed by atoms with van der Waals surface area (Å²) in [6, 6.07) is 7.61. The van der Waals surface area contributed by atoms with Crippen molar-refractivity contribution < 1.29 is 4.74 Å². The average Bonchev–Trinajstić information content (AvgIpc) is 3.04. The highest BCUT2D eigenvalue weighted by Crippen LogP contribution is 2.29. The van der Waals surface area contributed by atoms with Crippen LogP contribution in [-0.2, 0) is 18.2 Å². The fraction of sp³-hybridized carbons (Fsp3) is 0.333. The first-order chi connectivity index (χ1) is 10.1. The summed E-state index contributed by atoms with van der Waals surface area (Å²) in [5, 5.41) is 5.72. The Morgan fingerprint density at radius 2 is 2.00 bits per heavy atom. The molecule has 1 atom stereocenters. The predicted molar refractivity (Wildman–Crippen MR) is 84.3 cm³/mol. The van der Waals surface area contributed by atoms with Crippen LogP contribution in [0.1, 0.15) is 29.9 Å². The molecule has 110 valence electrons. The van der Waals surface area contributed by atoms with Gasteiger partial charge in [0, 0.05) is 12.1 Å². The summed E-state index contributed by atoms with van der Waals surface area (Å²) in [7, 11) is 1.85. The molecule has 0 aliphatic carbocycles. The zero-order chi connectivity index (χ0) is 15.0. The van der Waals surface area contributed by atoms with Crippen molar-refractivity contribution in [2.24, 2.45) is 12.0 Å². The van der Waals surface area contributed by atoms with E-state index in [1.165, 1.54) is 0 Å². The summed E-state index contributed by atoms with van der Waals surface area (Å²) >= 11 is 12.3. The average molecular weight is 324 g/mol. The highest BCUT2D eigenvalue weighted by molar-refractivity contribution is 6.34. The first kappa shape index (κ1) is 14.4. The van der Waals surface area contributed by atoms with Crippen molar-refractivity contribution >= 4 is 29.1 Å². The van der Waals surface area contributed by atoms with Crippen molar-refractivity contribution in [1.82, 2.24) is 9.78 Å². The van der Waals surface area contributed by atoms with E-state index in [2.05, 4.69) is 10.1 Å². The second-order valence-corrected chi connectivity index (χ2v) is 5.71. The van der Waals surface area contributed by atoms with Crippen LogP contribution in [0, 0.1) is 0 Å². The molecular weight excluding hydrogens is 309 g/mol. The number of benzene rings is 1. The summed E-state index contributed by atoms with van der Waals surface area (Å²) in [5.74, 6) is 0.551. The Kier molecular flexibility index (Phi) is 3.91. The number of hydrogen-bond acceptors (Lipinski definition) is 3. The Hall–Kier alpha value is -1.52. The minimum Gasteiger partial charge on any atom is -0.474 e. The number of rotatable bonds is 3. The molecule has 0 spiro atoms. The highest BCUT2D eigenvalue weighted by atomic mass is 35.5. The van der Waals surface area contributed by atoms with Crippen LogP contribution in [0.25, 0.3) is 0 Å². The maximum atomic E-state index is 6.36. The van der Waals surface area contributed by atoms with Crippen LogP contribution in [0.3, 0.4) is 0 Å². The van der Waals surface area contributed by atoms with Gasteiger partial charge in [-0.1, -0.05) is 42.3 Å². The molecule has 1 aromatic carbocycles. The first-order valence-electron chi connectivity index (χ1n) is 6.78. The molecule has 21 heavy (non-hydrogen) atoms. The number of aliphatic imine (C=N–C) groups is 1. The Balaban J connectivity index is 1.93. The van der Waals surface area contributed by atoms with Gasteiger partial charge in [0.2, 0.25) is 5.90 Å². The third kappa shape index (κ3) is 2.65. The van der Waals surface area contributed by atoms with Gasteiger partial charge in [0.15, 0.2) is 0 Å². The number of halogens is 2. The zero-order valence-corrected chi connectivity index (χ0v) is 13.3. The standard InChI is InChI=1S/C15H15Cl2N3O/c1-3-11-13(17)14(20(2)19-11)15-18-12(8-21-15)9-4-6-10(16)7-5-9/h4-7,12H,3,8H2,1-2H3. The van der Waals surface area contributed by atoms with Gasteiger partial charge in [-0.05, 0) is 24.1 Å². The Bertz CT molecular complexity index is 692. The molecule has 3 rings (SSSR count). The van der Waals surface area contributed by atoms with Crippen molar-refractivity contribution in [2.75, 3.05) is 6.61 Å². The molecule has 1 unspecified atom stereocenters. The molecule has 0 saturated carbocycles. The van der Waals surface area contributed by atoms with E-state index >= 15 is 0 Å². The minimum absolute atomic E-state index is 0.0340. The Labute approximate surface area is 133 Å². The third-order valence-corrected chi connectivity index (χ3v) is 4.15. The van der Waals surface area contributed by atoms with E-state index in [1.807, 2.05) is 38.2 Å². The zero-order valence-electron chi connectivity index (χ0n) is 11.8. The van der Waals surface area contributed by atoms with Crippen molar-refractivity contribution in [3.8, 4) is 0 Å². The smallest absolute Gasteiger partial charge is 0.237 e. The second kappa shape index (κ2) is 5.70. The van der Waals surface area contributed by atoms with Gasteiger partial charge in [-0.3, -0.25) is 4.68 Å². The highest BCUT2D eigenvalue weighted by Gasteiger charge is 2.27. The summed E-state index contributed by atoms with van der Waals surface area (Å²) in [4.78, 5) is 4.63. The summed E-state index contributed by atoms with van der Waals surface area (Å²) in [5.41, 5.74) is 2.67. The number of hydrogen-bond donors (Lipinski definition) is 0. The largest absolute Gasteiger partial charge is 0.474 e. The number of aryl methyl sites for hydroxylation is 2. The van der Waals surface area contributed by atoms with Crippen molar-refractivity contribution in [2.45, 2.75) is 19.4 Å². The van der Waals surface area contributed by atoms with Crippen LogP contribution < -0.4 is 0 Å². The predicted octanol–water partition coefficient (Wildman–Crippen LogP) is 3.81. The van der Waals surface area contributed by atoms with E-state index in [1.54, 1.807) is 4.68 Å². The van der Waals surface area contributed by atoms with Crippen LogP contribution in [0.2, 0.25) is 10.0 Å². The SMILES string of the molecule is CCc1nn(C)c(C2=NC(c3ccc(Cl)cc3)CO2)c1Cl. The normalized spacial score (nSPS) is 17.7. The van der Waals surface area contributed by atoms with Crippen LogP contribution in [0.5, 0.6) is 0 Å². The lowest BCUT2D eigenvalue weighted by atomic mass is 10.1. The molecular formula is C15H15Cl2N3O. The van der Waals surface area contributed by atoms with Crippen molar-refractivity contribution in [1.29, 1.82) is 0 Å². The molecule has 0 saturated heterocycles. The maximum Gasteiger partial charge on any atom is 0.237 e. The molecule has 0 N–H and O–H groups in total. The van der Waals surface area contributed by atoms with Crippen LogP contribution in [-0.4, -0.2) is 22.3 Å². The van der Waals surface area contributed by atoms with Gasteiger partial charge < -0.3 is 4.74 Å².